The highest BCUT2D eigenvalue weighted by atomic mass is 16.7. The zero-order valence-electron chi connectivity index (χ0n) is 10.1. The molecule has 3 aliphatic rings. The summed E-state index contributed by atoms with van der Waals surface area (Å²) >= 11 is 0. The van der Waals surface area contributed by atoms with Gasteiger partial charge in [-0.25, -0.2) is 0 Å². The summed E-state index contributed by atoms with van der Waals surface area (Å²) in [5.41, 5.74) is 0.0524. The van der Waals surface area contributed by atoms with Crippen LogP contribution in [0.3, 0.4) is 0 Å². The number of hydrogen-bond acceptors (Lipinski definition) is 3. The Morgan fingerprint density at radius 1 is 1.25 bits per heavy atom. The fourth-order valence-corrected chi connectivity index (χ4v) is 4.17. The summed E-state index contributed by atoms with van der Waals surface area (Å²) < 4.78 is 11.8. The van der Waals surface area contributed by atoms with Gasteiger partial charge in [0.2, 0.25) is 0 Å². The third kappa shape index (κ3) is 1.13. The molecular formula is C13H20O3. The summed E-state index contributed by atoms with van der Waals surface area (Å²) in [6.45, 7) is 5.77. The summed E-state index contributed by atoms with van der Waals surface area (Å²) in [5, 5.41) is 0. The number of rotatable bonds is 0. The normalized spacial score (nSPS) is 46.2. The first-order valence-electron chi connectivity index (χ1n) is 6.40. The summed E-state index contributed by atoms with van der Waals surface area (Å²) in [4.78, 5) is 11.8. The van der Waals surface area contributed by atoms with Gasteiger partial charge in [-0.1, -0.05) is 13.8 Å². The lowest BCUT2D eigenvalue weighted by molar-refractivity contribution is -0.233. The summed E-state index contributed by atoms with van der Waals surface area (Å²) in [6, 6.07) is 0. The van der Waals surface area contributed by atoms with E-state index in [9.17, 15) is 4.79 Å². The van der Waals surface area contributed by atoms with Crippen LogP contribution in [0.25, 0.3) is 0 Å². The van der Waals surface area contributed by atoms with Gasteiger partial charge in [-0.3, -0.25) is 4.79 Å². The first kappa shape index (κ1) is 10.7. The number of fused-ring (bicyclic) bond motifs is 2. The Morgan fingerprint density at radius 3 is 2.62 bits per heavy atom. The number of carbonyl (C=O) groups is 1. The van der Waals surface area contributed by atoms with Crippen LogP contribution in [0.4, 0.5) is 0 Å². The Labute approximate surface area is 96.5 Å². The van der Waals surface area contributed by atoms with E-state index in [0.29, 0.717) is 31.3 Å². The minimum atomic E-state index is -0.368. The van der Waals surface area contributed by atoms with Gasteiger partial charge in [0.1, 0.15) is 5.78 Å². The summed E-state index contributed by atoms with van der Waals surface area (Å²) in [7, 11) is 0. The van der Waals surface area contributed by atoms with Crippen LogP contribution in [0, 0.1) is 17.3 Å². The molecule has 0 amide bonds. The molecule has 1 saturated heterocycles. The maximum Gasteiger partial charge on any atom is 0.174 e. The van der Waals surface area contributed by atoms with Gasteiger partial charge in [-0.15, -0.1) is 0 Å². The van der Waals surface area contributed by atoms with E-state index in [2.05, 4.69) is 13.8 Å². The van der Waals surface area contributed by atoms with E-state index in [1.807, 2.05) is 0 Å². The van der Waals surface area contributed by atoms with Gasteiger partial charge in [0, 0.05) is 24.2 Å². The highest BCUT2D eigenvalue weighted by Gasteiger charge is 2.63. The van der Waals surface area contributed by atoms with Crippen LogP contribution in [-0.4, -0.2) is 24.8 Å². The van der Waals surface area contributed by atoms with Gasteiger partial charge in [-0.2, -0.15) is 0 Å². The van der Waals surface area contributed by atoms with E-state index < -0.39 is 0 Å². The molecule has 3 rings (SSSR count). The van der Waals surface area contributed by atoms with Crippen molar-refractivity contribution in [3.8, 4) is 0 Å². The van der Waals surface area contributed by atoms with Gasteiger partial charge in [0.15, 0.2) is 5.79 Å². The maximum atomic E-state index is 11.8. The molecule has 16 heavy (non-hydrogen) atoms. The quantitative estimate of drug-likeness (QED) is 0.632. The lowest BCUT2D eigenvalue weighted by Gasteiger charge is -2.46. The van der Waals surface area contributed by atoms with Crippen LogP contribution in [0.2, 0.25) is 0 Å². The SMILES string of the molecule is CC1C(=O)CC[C@]2(C)[C@H]1CCC21OCCO1. The highest BCUT2D eigenvalue weighted by molar-refractivity contribution is 5.82. The first-order valence-corrected chi connectivity index (χ1v) is 6.40. The van der Waals surface area contributed by atoms with Gasteiger partial charge < -0.3 is 9.47 Å². The Bertz CT molecular complexity index is 319. The van der Waals surface area contributed by atoms with Gasteiger partial charge in [0.25, 0.3) is 0 Å². The molecule has 0 N–H and O–H groups in total. The summed E-state index contributed by atoms with van der Waals surface area (Å²) in [5.74, 6) is 0.697. The predicted molar refractivity (Wildman–Crippen MR) is 58.9 cm³/mol. The van der Waals surface area contributed by atoms with Crippen molar-refractivity contribution in [2.45, 2.75) is 45.3 Å². The third-order valence-electron chi connectivity index (χ3n) is 5.23. The fraction of sp³-hybridized carbons (Fsp3) is 0.923. The van der Waals surface area contributed by atoms with Gasteiger partial charge in [-0.05, 0) is 18.8 Å². The van der Waals surface area contributed by atoms with E-state index in [1.165, 1.54) is 0 Å². The molecule has 2 saturated carbocycles. The number of carbonyl (C=O) groups excluding carboxylic acids is 1. The monoisotopic (exact) mass is 224 g/mol. The van der Waals surface area contributed by atoms with Crippen molar-refractivity contribution in [3.05, 3.63) is 0 Å². The molecule has 3 fully saturated rings. The average Bonchev–Trinajstić information content (AvgIpc) is 2.84. The van der Waals surface area contributed by atoms with E-state index in [0.717, 1.165) is 19.3 Å². The molecule has 0 bridgehead atoms. The number of ketones is 1. The predicted octanol–water partition coefficient (Wildman–Crippen LogP) is 2.14. The Hall–Kier alpha value is -0.410. The number of ether oxygens (including phenoxy) is 2. The average molecular weight is 224 g/mol. The van der Waals surface area contributed by atoms with Crippen LogP contribution in [0.15, 0.2) is 0 Å². The summed E-state index contributed by atoms with van der Waals surface area (Å²) in [6.07, 6.45) is 3.67. The van der Waals surface area contributed by atoms with Crippen molar-refractivity contribution in [1.82, 2.24) is 0 Å². The van der Waals surface area contributed by atoms with Gasteiger partial charge >= 0.3 is 0 Å². The molecule has 1 aliphatic heterocycles. The molecule has 0 aromatic rings. The molecule has 3 atom stereocenters. The molecule has 1 spiro atoms. The Morgan fingerprint density at radius 2 is 1.94 bits per heavy atom. The topological polar surface area (TPSA) is 35.5 Å². The first-order chi connectivity index (χ1) is 7.59. The van der Waals surface area contributed by atoms with E-state index in [4.69, 9.17) is 9.47 Å². The molecule has 3 nitrogen and oxygen atoms in total. The smallest absolute Gasteiger partial charge is 0.174 e. The lowest BCUT2D eigenvalue weighted by Crippen LogP contribution is -2.50. The molecule has 3 heteroatoms. The fourth-order valence-electron chi connectivity index (χ4n) is 4.17. The molecule has 0 radical (unpaired) electrons. The van der Waals surface area contributed by atoms with Crippen LogP contribution >= 0.6 is 0 Å². The molecular weight excluding hydrogens is 204 g/mol. The van der Waals surface area contributed by atoms with Crippen molar-refractivity contribution in [2.24, 2.45) is 17.3 Å². The molecule has 90 valence electrons. The molecule has 1 unspecified atom stereocenters. The second-order valence-corrected chi connectivity index (χ2v) is 5.77. The Balaban J connectivity index is 1.96. The van der Waals surface area contributed by atoms with Crippen molar-refractivity contribution in [3.63, 3.8) is 0 Å². The zero-order chi connectivity index (χ0) is 11.4. The maximum absolute atomic E-state index is 11.8. The zero-order valence-corrected chi connectivity index (χ0v) is 10.1. The van der Waals surface area contributed by atoms with Gasteiger partial charge in [0.05, 0.1) is 13.2 Å². The second kappa shape index (κ2) is 3.30. The second-order valence-electron chi connectivity index (χ2n) is 5.77. The number of hydrogen-bond donors (Lipinski definition) is 0. The molecule has 2 aliphatic carbocycles. The minimum Gasteiger partial charge on any atom is -0.347 e. The van der Waals surface area contributed by atoms with Crippen molar-refractivity contribution < 1.29 is 14.3 Å². The van der Waals surface area contributed by atoms with Crippen molar-refractivity contribution in [1.29, 1.82) is 0 Å². The minimum absolute atomic E-state index is 0.0524. The Kier molecular flexibility index (Phi) is 2.21. The van der Waals surface area contributed by atoms with Crippen molar-refractivity contribution >= 4 is 5.78 Å². The van der Waals surface area contributed by atoms with Crippen LogP contribution < -0.4 is 0 Å². The van der Waals surface area contributed by atoms with E-state index >= 15 is 0 Å². The van der Waals surface area contributed by atoms with E-state index in [1.54, 1.807) is 0 Å². The number of Topliss-reactive ketones (excluding diaryl/α,β-unsaturated/α-hetero) is 1. The third-order valence-corrected chi connectivity index (χ3v) is 5.23. The highest BCUT2D eigenvalue weighted by Crippen LogP contribution is 2.61. The standard InChI is InChI=1S/C13H20O3/c1-9-10-3-6-13(15-7-8-16-13)12(10,2)5-4-11(9)14/h9-10H,3-8H2,1-2H3/t9?,10-,12+/m0/s1. The molecule has 0 aromatic heterocycles. The largest absolute Gasteiger partial charge is 0.347 e. The van der Waals surface area contributed by atoms with Crippen LogP contribution in [0.5, 0.6) is 0 Å². The van der Waals surface area contributed by atoms with Crippen molar-refractivity contribution in [2.75, 3.05) is 13.2 Å². The van der Waals surface area contributed by atoms with Crippen LogP contribution in [-0.2, 0) is 14.3 Å². The van der Waals surface area contributed by atoms with E-state index in [-0.39, 0.29) is 17.1 Å². The lowest BCUT2D eigenvalue weighted by atomic mass is 9.62. The van der Waals surface area contributed by atoms with Crippen LogP contribution in [0.1, 0.15) is 39.5 Å². The molecule has 1 heterocycles. The molecule has 0 aromatic carbocycles.